The van der Waals surface area contributed by atoms with Gasteiger partial charge < -0.3 is 19.5 Å². The molecule has 0 aromatic carbocycles. The van der Waals surface area contributed by atoms with Crippen LogP contribution in [0.1, 0.15) is 44.7 Å². The number of methoxy groups -OCH3 is 1. The minimum Gasteiger partial charge on any atom is -0.385 e. The Bertz CT molecular complexity index is 570. The molecule has 1 N–H and O–H groups in total. The van der Waals surface area contributed by atoms with E-state index in [1.165, 1.54) is 31.4 Å². The Morgan fingerprint density at radius 3 is 2.65 bits per heavy atom. The summed E-state index contributed by atoms with van der Waals surface area (Å²) >= 11 is 6.11. The van der Waals surface area contributed by atoms with E-state index in [-0.39, 0.29) is 24.0 Å². The number of rotatable bonds is 8. The van der Waals surface area contributed by atoms with Crippen molar-refractivity contribution < 1.29 is 4.74 Å². The molecule has 150 valence electrons. The van der Waals surface area contributed by atoms with Crippen molar-refractivity contribution in [3.05, 3.63) is 23.0 Å². The summed E-state index contributed by atoms with van der Waals surface area (Å²) in [5.74, 6) is 0.962. The Morgan fingerprint density at radius 1 is 1.42 bits per heavy atom. The third-order valence-electron chi connectivity index (χ3n) is 5.24. The number of aliphatic imine (C=N–C) groups is 1. The van der Waals surface area contributed by atoms with Crippen LogP contribution in [0.2, 0.25) is 5.02 Å². The predicted molar refractivity (Wildman–Crippen MR) is 121 cm³/mol. The lowest BCUT2D eigenvalue weighted by molar-refractivity contribution is 0.141. The highest BCUT2D eigenvalue weighted by molar-refractivity contribution is 14.0. The van der Waals surface area contributed by atoms with E-state index in [9.17, 15) is 0 Å². The van der Waals surface area contributed by atoms with E-state index in [1.807, 2.05) is 19.3 Å². The lowest BCUT2D eigenvalue weighted by Crippen LogP contribution is -2.39. The SMILES string of the molecule is CCNC(=NCC1(CCOC)CCCC1)N(C)Cc1cc(Cl)cn1C.I. The fourth-order valence-electron chi connectivity index (χ4n) is 3.68. The highest BCUT2D eigenvalue weighted by atomic mass is 127. The third-order valence-corrected chi connectivity index (χ3v) is 5.44. The Labute approximate surface area is 180 Å². The van der Waals surface area contributed by atoms with Crippen molar-refractivity contribution in [2.75, 3.05) is 33.9 Å². The zero-order valence-corrected chi connectivity index (χ0v) is 19.6. The molecule has 7 heteroatoms. The Kier molecular flexibility index (Phi) is 10.3. The van der Waals surface area contributed by atoms with Crippen molar-refractivity contribution in [3.63, 3.8) is 0 Å². The summed E-state index contributed by atoms with van der Waals surface area (Å²) in [6.45, 7) is 5.45. The van der Waals surface area contributed by atoms with Gasteiger partial charge in [0.25, 0.3) is 0 Å². The molecule has 1 aliphatic rings. The molecular weight excluding hydrogens is 463 g/mol. The fraction of sp³-hybridized carbons (Fsp3) is 0.737. The number of ether oxygens (including phenoxy) is 1. The van der Waals surface area contributed by atoms with Gasteiger partial charge in [0.2, 0.25) is 0 Å². The van der Waals surface area contributed by atoms with E-state index < -0.39 is 0 Å². The number of halogens is 2. The lowest BCUT2D eigenvalue weighted by atomic mass is 9.83. The fourth-order valence-corrected chi connectivity index (χ4v) is 3.96. The van der Waals surface area contributed by atoms with Crippen LogP contribution in [0.5, 0.6) is 0 Å². The number of nitrogens with zero attached hydrogens (tertiary/aromatic N) is 3. The molecule has 5 nitrogen and oxygen atoms in total. The molecule has 1 saturated carbocycles. The smallest absolute Gasteiger partial charge is 0.194 e. The minimum atomic E-state index is 0. The van der Waals surface area contributed by atoms with E-state index in [4.69, 9.17) is 21.3 Å². The topological polar surface area (TPSA) is 41.8 Å². The Balaban J connectivity index is 0.00000338. The first kappa shape index (κ1) is 23.6. The van der Waals surface area contributed by atoms with Crippen LogP contribution in [0.25, 0.3) is 0 Å². The van der Waals surface area contributed by atoms with Gasteiger partial charge in [-0.1, -0.05) is 24.4 Å². The average molecular weight is 497 g/mol. The number of aryl methyl sites for hydroxylation is 1. The third kappa shape index (κ3) is 6.60. The summed E-state index contributed by atoms with van der Waals surface area (Å²) in [6.07, 6.45) is 8.18. The van der Waals surface area contributed by atoms with Crippen LogP contribution in [-0.2, 0) is 18.3 Å². The summed E-state index contributed by atoms with van der Waals surface area (Å²) in [4.78, 5) is 7.16. The second kappa shape index (κ2) is 11.4. The van der Waals surface area contributed by atoms with Gasteiger partial charge in [0, 0.05) is 52.8 Å². The molecule has 0 amide bonds. The van der Waals surface area contributed by atoms with Gasteiger partial charge in [0.05, 0.1) is 11.6 Å². The predicted octanol–water partition coefficient (Wildman–Crippen LogP) is 4.29. The van der Waals surface area contributed by atoms with Crippen LogP contribution in [0.3, 0.4) is 0 Å². The number of nitrogens with one attached hydrogen (secondary N) is 1. The first-order valence-corrected chi connectivity index (χ1v) is 9.66. The lowest BCUT2D eigenvalue weighted by Gasteiger charge is -2.29. The van der Waals surface area contributed by atoms with E-state index in [0.29, 0.717) is 5.41 Å². The second-order valence-corrected chi connectivity index (χ2v) is 7.67. The van der Waals surface area contributed by atoms with Crippen molar-refractivity contribution in [2.24, 2.45) is 17.5 Å². The van der Waals surface area contributed by atoms with E-state index in [2.05, 4.69) is 28.8 Å². The first-order chi connectivity index (χ1) is 12.0. The van der Waals surface area contributed by atoms with E-state index in [0.717, 1.165) is 43.6 Å². The van der Waals surface area contributed by atoms with Gasteiger partial charge in [0.1, 0.15) is 0 Å². The molecule has 0 bridgehead atoms. The van der Waals surface area contributed by atoms with Gasteiger partial charge >= 0.3 is 0 Å². The molecule has 1 aromatic rings. The molecule has 1 aliphatic carbocycles. The zero-order chi connectivity index (χ0) is 18.3. The quantitative estimate of drug-likeness (QED) is 0.332. The van der Waals surface area contributed by atoms with Crippen molar-refractivity contribution in [1.29, 1.82) is 0 Å². The maximum absolute atomic E-state index is 6.11. The zero-order valence-electron chi connectivity index (χ0n) is 16.6. The average Bonchev–Trinajstić information content (AvgIpc) is 3.16. The molecule has 0 atom stereocenters. The van der Waals surface area contributed by atoms with Gasteiger partial charge in [-0.05, 0) is 37.7 Å². The minimum absolute atomic E-state index is 0. The molecule has 0 unspecified atom stereocenters. The molecule has 0 aliphatic heterocycles. The van der Waals surface area contributed by atoms with Crippen molar-refractivity contribution in [1.82, 2.24) is 14.8 Å². The summed E-state index contributed by atoms with van der Waals surface area (Å²) in [6, 6.07) is 2.01. The monoisotopic (exact) mass is 496 g/mol. The maximum atomic E-state index is 6.11. The van der Waals surface area contributed by atoms with Crippen molar-refractivity contribution in [3.8, 4) is 0 Å². The van der Waals surface area contributed by atoms with Crippen LogP contribution in [0.15, 0.2) is 17.3 Å². The Morgan fingerprint density at radius 2 is 2.12 bits per heavy atom. The molecular formula is C19H34ClIN4O. The molecule has 0 radical (unpaired) electrons. The van der Waals surface area contributed by atoms with Crippen LogP contribution in [-0.4, -0.2) is 49.3 Å². The van der Waals surface area contributed by atoms with Gasteiger partial charge in [-0.2, -0.15) is 0 Å². The highest BCUT2D eigenvalue weighted by Crippen LogP contribution is 2.41. The maximum Gasteiger partial charge on any atom is 0.194 e. The van der Waals surface area contributed by atoms with Crippen LogP contribution < -0.4 is 5.32 Å². The molecule has 1 heterocycles. The normalized spacial score (nSPS) is 16.4. The molecule has 26 heavy (non-hydrogen) atoms. The number of hydrogen-bond donors (Lipinski definition) is 1. The molecule has 1 aromatic heterocycles. The van der Waals surface area contributed by atoms with Crippen molar-refractivity contribution in [2.45, 2.75) is 45.6 Å². The summed E-state index contributed by atoms with van der Waals surface area (Å²) in [5, 5.41) is 4.20. The van der Waals surface area contributed by atoms with Gasteiger partial charge in [-0.3, -0.25) is 4.99 Å². The van der Waals surface area contributed by atoms with Crippen LogP contribution in [0.4, 0.5) is 0 Å². The largest absolute Gasteiger partial charge is 0.385 e. The molecule has 0 spiro atoms. The van der Waals surface area contributed by atoms with Gasteiger partial charge in [-0.25, -0.2) is 0 Å². The van der Waals surface area contributed by atoms with Gasteiger partial charge in [-0.15, -0.1) is 24.0 Å². The first-order valence-electron chi connectivity index (χ1n) is 9.29. The summed E-state index contributed by atoms with van der Waals surface area (Å²) in [7, 11) is 5.89. The van der Waals surface area contributed by atoms with Gasteiger partial charge in [0.15, 0.2) is 5.96 Å². The standard InChI is InChI=1S/C19H33ClN4O.HI/c1-5-21-18(24(3)14-17-12-16(20)13-23(17)2)22-15-19(10-11-25-4)8-6-7-9-19;/h12-13H,5-11,14-15H2,1-4H3,(H,21,22);1H. The van der Waals surface area contributed by atoms with E-state index >= 15 is 0 Å². The Hall–Kier alpha value is -0.470. The molecule has 0 saturated heterocycles. The number of aromatic nitrogens is 1. The summed E-state index contributed by atoms with van der Waals surface area (Å²) < 4.78 is 7.40. The van der Waals surface area contributed by atoms with E-state index in [1.54, 1.807) is 7.11 Å². The highest BCUT2D eigenvalue weighted by Gasteiger charge is 2.33. The van der Waals surface area contributed by atoms with Crippen molar-refractivity contribution >= 4 is 41.5 Å². The summed E-state index contributed by atoms with van der Waals surface area (Å²) in [5.41, 5.74) is 1.49. The number of guanidine groups is 1. The second-order valence-electron chi connectivity index (χ2n) is 7.24. The van der Waals surface area contributed by atoms with Crippen LogP contribution >= 0.6 is 35.6 Å². The molecule has 1 fully saturated rings. The van der Waals surface area contributed by atoms with Crippen LogP contribution in [0, 0.1) is 5.41 Å². The molecule has 2 rings (SSSR count). The number of hydrogen-bond acceptors (Lipinski definition) is 2.